The minimum atomic E-state index is -0.556. The summed E-state index contributed by atoms with van der Waals surface area (Å²) in [6.45, 7) is 7.69. The highest BCUT2D eigenvalue weighted by molar-refractivity contribution is 6.35. The van der Waals surface area contributed by atoms with E-state index in [9.17, 15) is 9.59 Å². The lowest BCUT2D eigenvalue weighted by molar-refractivity contribution is -0.139. The molecule has 0 aromatic rings. The van der Waals surface area contributed by atoms with Crippen molar-refractivity contribution in [1.82, 2.24) is 10.6 Å². The van der Waals surface area contributed by atoms with Crippen LogP contribution in [0.25, 0.3) is 0 Å². The second kappa shape index (κ2) is 12.0. The van der Waals surface area contributed by atoms with Crippen molar-refractivity contribution in [3.05, 3.63) is 0 Å². The number of hydrogen-bond donors (Lipinski definition) is 2. The SMILES string of the molecule is CCCCCCNC(=O)C(=O)NCCCOC(C)C. The highest BCUT2D eigenvalue weighted by Crippen LogP contribution is 1.96. The second-order valence-corrected chi connectivity index (χ2v) is 4.85. The van der Waals surface area contributed by atoms with E-state index in [0.717, 1.165) is 25.7 Å². The minimum absolute atomic E-state index is 0.196. The summed E-state index contributed by atoms with van der Waals surface area (Å²) in [7, 11) is 0. The van der Waals surface area contributed by atoms with E-state index in [0.29, 0.717) is 26.1 Å². The Hall–Kier alpha value is -1.10. The Bertz CT molecular complexity index is 255. The summed E-state index contributed by atoms with van der Waals surface area (Å²) >= 11 is 0. The number of rotatable bonds is 10. The first-order valence-electron chi connectivity index (χ1n) is 7.25. The van der Waals surface area contributed by atoms with Crippen LogP contribution in [0.5, 0.6) is 0 Å². The van der Waals surface area contributed by atoms with Gasteiger partial charge in [0.2, 0.25) is 0 Å². The molecule has 0 rings (SSSR count). The molecule has 0 radical (unpaired) electrons. The predicted molar refractivity (Wildman–Crippen MR) is 75.9 cm³/mol. The Labute approximate surface area is 116 Å². The molecule has 0 aromatic carbocycles. The van der Waals surface area contributed by atoms with Gasteiger partial charge in [0.1, 0.15) is 0 Å². The van der Waals surface area contributed by atoms with E-state index in [1.165, 1.54) is 0 Å². The molecular formula is C14H28N2O3. The first-order chi connectivity index (χ1) is 9.07. The van der Waals surface area contributed by atoms with Gasteiger partial charge in [0, 0.05) is 19.7 Å². The molecule has 2 amide bonds. The summed E-state index contributed by atoms with van der Waals surface area (Å²) in [6.07, 6.45) is 5.25. The van der Waals surface area contributed by atoms with Gasteiger partial charge in [0.25, 0.3) is 0 Å². The quantitative estimate of drug-likeness (QED) is 0.469. The van der Waals surface area contributed by atoms with Gasteiger partial charge in [-0.25, -0.2) is 0 Å². The maximum Gasteiger partial charge on any atom is 0.309 e. The fraction of sp³-hybridized carbons (Fsp3) is 0.857. The molecule has 5 nitrogen and oxygen atoms in total. The summed E-state index contributed by atoms with van der Waals surface area (Å²) in [5.41, 5.74) is 0. The molecule has 0 saturated heterocycles. The number of nitrogens with one attached hydrogen (secondary N) is 2. The van der Waals surface area contributed by atoms with E-state index in [1.54, 1.807) is 0 Å². The van der Waals surface area contributed by atoms with Crippen LogP contribution in [-0.4, -0.2) is 37.6 Å². The zero-order chi connectivity index (χ0) is 14.5. The maximum atomic E-state index is 11.4. The third-order valence-corrected chi connectivity index (χ3v) is 2.58. The first kappa shape index (κ1) is 17.9. The highest BCUT2D eigenvalue weighted by atomic mass is 16.5. The van der Waals surface area contributed by atoms with Gasteiger partial charge in [-0.15, -0.1) is 0 Å². The molecule has 19 heavy (non-hydrogen) atoms. The summed E-state index contributed by atoms with van der Waals surface area (Å²) in [5, 5.41) is 5.20. The van der Waals surface area contributed by atoms with Crippen LogP contribution in [0, 0.1) is 0 Å². The molecular weight excluding hydrogens is 244 g/mol. The Kier molecular flexibility index (Phi) is 11.3. The van der Waals surface area contributed by atoms with E-state index in [4.69, 9.17) is 4.74 Å². The smallest absolute Gasteiger partial charge is 0.309 e. The van der Waals surface area contributed by atoms with Crippen molar-refractivity contribution in [2.45, 2.75) is 59.0 Å². The lowest BCUT2D eigenvalue weighted by atomic mass is 10.2. The highest BCUT2D eigenvalue weighted by Gasteiger charge is 2.11. The van der Waals surface area contributed by atoms with Crippen LogP contribution < -0.4 is 10.6 Å². The summed E-state index contributed by atoms with van der Waals surface area (Å²) in [4.78, 5) is 22.8. The molecule has 2 N–H and O–H groups in total. The van der Waals surface area contributed by atoms with Crippen LogP contribution in [0.2, 0.25) is 0 Å². The van der Waals surface area contributed by atoms with Gasteiger partial charge in [-0.05, 0) is 26.7 Å². The first-order valence-corrected chi connectivity index (χ1v) is 7.25. The number of carbonyl (C=O) groups is 2. The van der Waals surface area contributed by atoms with Gasteiger partial charge in [-0.1, -0.05) is 26.2 Å². The second-order valence-electron chi connectivity index (χ2n) is 4.85. The van der Waals surface area contributed by atoms with Gasteiger partial charge >= 0.3 is 11.8 Å². The van der Waals surface area contributed by atoms with Crippen molar-refractivity contribution < 1.29 is 14.3 Å². The van der Waals surface area contributed by atoms with E-state index in [2.05, 4.69) is 17.6 Å². The zero-order valence-electron chi connectivity index (χ0n) is 12.5. The van der Waals surface area contributed by atoms with Crippen molar-refractivity contribution in [2.75, 3.05) is 19.7 Å². The number of ether oxygens (including phenoxy) is 1. The number of hydrogen-bond acceptors (Lipinski definition) is 3. The summed E-state index contributed by atoms with van der Waals surface area (Å²) in [5.74, 6) is -1.10. The molecule has 0 saturated carbocycles. The fourth-order valence-electron chi connectivity index (χ4n) is 1.51. The lowest BCUT2D eigenvalue weighted by Crippen LogP contribution is -2.40. The Morgan fingerprint density at radius 1 is 0.947 bits per heavy atom. The number of carbonyl (C=O) groups excluding carboxylic acids is 2. The van der Waals surface area contributed by atoms with Crippen LogP contribution in [0.15, 0.2) is 0 Å². The van der Waals surface area contributed by atoms with Crippen LogP contribution in [0.3, 0.4) is 0 Å². The van der Waals surface area contributed by atoms with Crippen molar-refractivity contribution in [1.29, 1.82) is 0 Å². The average molecular weight is 272 g/mol. The molecule has 0 spiro atoms. The Balaban J connectivity index is 3.46. The molecule has 0 aliphatic heterocycles. The minimum Gasteiger partial charge on any atom is -0.379 e. The standard InChI is InChI=1S/C14H28N2O3/c1-4-5-6-7-9-15-13(17)14(18)16-10-8-11-19-12(2)3/h12H,4-11H2,1-3H3,(H,15,17)(H,16,18). The molecule has 0 bridgehead atoms. The molecule has 112 valence electrons. The summed E-state index contributed by atoms with van der Waals surface area (Å²) in [6, 6.07) is 0. The topological polar surface area (TPSA) is 67.4 Å². The Morgan fingerprint density at radius 2 is 1.53 bits per heavy atom. The molecule has 0 unspecified atom stereocenters. The average Bonchev–Trinajstić information content (AvgIpc) is 2.37. The van der Waals surface area contributed by atoms with Gasteiger partial charge in [-0.3, -0.25) is 9.59 Å². The van der Waals surface area contributed by atoms with Gasteiger partial charge < -0.3 is 15.4 Å². The maximum absolute atomic E-state index is 11.4. The van der Waals surface area contributed by atoms with Gasteiger partial charge in [0.15, 0.2) is 0 Å². The predicted octanol–water partition coefficient (Wildman–Crippen LogP) is 1.61. The van der Waals surface area contributed by atoms with E-state index < -0.39 is 11.8 Å². The normalized spacial score (nSPS) is 10.5. The molecule has 0 aliphatic carbocycles. The lowest BCUT2D eigenvalue weighted by Gasteiger charge is -2.08. The van der Waals surface area contributed by atoms with E-state index in [-0.39, 0.29) is 6.10 Å². The molecule has 0 fully saturated rings. The molecule has 0 atom stereocenters. The largest absolute Gasteiger partial charge is 0.379 e. The number of amides is 2. The van der Waals surface area contributed by atoms with Crippen molar-refractivity contribution in [3.63, 3.8) is 0 Å². The van der Waals surface area contributed by atoms with Crippen molar-refractivity contribution >= 4 is 11.8 Å². The van der Waals surface area contributed by atoms with Gasteiger partial charge in [-0.2, -0.15) is 0 Å². The monoisotopic (exact) mass is 272 g/mol. The third-order valence-electron chi connectivity index (χ3n) is 2.58. The third kappa shape index (κ3) is 11.7. The van der Waals surface area contributed by atoms with Gasteiger partial charge in [0.05, 0.1) is 6.10 Å². The van der Waals surface area contributed by atoms with Crippen LogP contribution in [0.4, 0.5) is 0 Å². The molecule has 0 aromatic heterocycles. The molecule has 0 heterocycles. The van der Waals surface area contributed by atoms with E-state index >= 15 is 0 Å². The molecule has 0 aliphatic rings. The zero-order valence-corrected chi connectivity index (χ0v) is 12.5. The Morgan fingerprint density at radius 3 is 2.05 bits per heavy atom. The van der Waals surface area contributed by atoms with Crippen LogP contribution in [-0.2, 0) is 14.3 Å². The van der Waals surface area contributed by atoms with E-state index in [1.807, 2.05) is 13.8 Å². The van der Waals surface area contributed by atoms with Crippen LogP contribution in [0.1, 0.15) is 52.9 Å². The van der Waals surface area contributed by atoms with Crippen molar-refractivity contribution in [3.8, 4) is 0 Å². The summed E-state index contributed by atoms with van der Waals surface area (Å²) < 4.78 is 5.33. The fourth-order valence-corrected chi connectivity index (χ4v) is 1.51. The van der Waals surface area contributed by atoms with Crippen molar-refractivity contribution in [2.24, 2.45) is 0 Å². The molecule has 5 heteroatoms. The van der Waals surface area contributed by atoms with Crippen LogP contribution >= 0.6 is 0 Å². The number of unbranched alkanes of at least 4 members (excludes halogenated alkanes) is 3.